The molecule has 0 aliphatic rings. The van der Waals surface area contributed by atoms with Crippen LogP contribution in [0.1, 0.15) is 19.7 Å². The Morgan fingerprint density at radius 3 is 2.41 bits per heavy atom. The highest BCUT2D eigenvalue weighted by molar-refractivity contribution is 5.79. The molecule has 0 aliphatic carbocycles. The molecule has 0 fully saturated rings. The molecule has 1 heterocycles. The molecule has 0 amide bonds. The lowest BCUT2D eigenvalue weighted by Gasteiger charge is -2.06. The molecular weight excluding hydrogens is 216 g/mol. The van der Waals surface area contributed by atoms with Gasteiger partial charge in [-0.2, -0.15) is 0 Å². The molecule has 0 bridgehead atoms. The summed E-state index contributed by atoms with van der Waals surface area (Å²) in [4.78, 5) is 7.85. The van der Waals surface area contributed by atoms with Crippen LogP contribution in [0.25, 0.3) is 11.0 Å². The lowest BCUT2D eigenvalue weighted by Crippen LogP contribution is -1.95. The van der Waals surface area contributed by atoms with Crippen molar-refractivity contribution >= 4 is 11.0 Å². The van der Waals surface area contributed by atoms with Gasteiger partial charge in [0.15, 0.2) is 11.5 Å². The normalized spacial score (nSPS) is 11.1. The summed E-state index contributed by atoms with van der Waals surface area (Å²) in [6.07, 6.45) is 0.944. The van der Waals surface area contributed by atoms with Crippen molar-refractivity contribution in [3.05, 3.63) is 18.0 Å². The van der Waals surface area contributed by atoms with Gasteiger partial charge in [0.1, 0.15) is 5.82 Å². The molecule has 0 spiro atoms. The van der Waals surface area contributed by atoms with Crippen molar-refractivity contribution in [3.63, 3.8) is 0 Å². The van der Waals surface area contributed by atoms with Gasteiger partial charge < -0.3 is 14.5 Å². The molecule has 1 N–H and O–H groups in total. The number of H-pyrrole nitrogens is 1. The van der Waals surface area contributed by atoms with Gasteiger partial charge in [-0.15, -0.1) is 0 Å². The molecule has 2 aromatic rings. The monoisotopic (exact) mass is 234 g/mol. The predicted molar refractivity (Wildman–Crippen MR) is 67.7 cm³/mol. The highest BCUT2D eigenvalue weighted by atomic mass is 16.5. The maximum atomic E-state index is 5.26. The smallest absolute Gasteiger partial charge is 0.163 e. The molecule has 0 atom stereocenters. The molecule has 92 valence electrons. The zero-order valence-electron chi connectivity index (χ0n) is 10.7. The maximum absolute atomic E-state index is 5.26. The summed E-state index contributed by atoms with van der Waals surface area (Å²) in [6, 6.07) is 3.82. The third-order valence-electron chi connectivity index (χ3n) is 2.64. The fraction of sp³-hybridized carbons (Fsp3) is 0.462. The van der Waals surface area contributed by atoms with Crippen molar-refractivity contribution in [2.75, 3.05) is 14.2 Å². The van der Waals surface area contributed by atoms with Gasteiger partial charge in [-0.3, -0.25) is 0 Å². The summed E-state index contributed by atoms with van der Waals surface area (Å²) in [5.74, 6) is 3.02. The first-order chi connectivity index (χ1) is 8.13. The minimum atomic E-state index is 0.583. The van der Waals surface area contributed by atoms with Gasteiger partial charge in [-0.1, -0.05) is 13.8 Å². The number of ether oxygens (including phenoxy) is 2. The summed E-state index contributed by atoms with van der Waals surface area (Å²) in [5.41, 5.74) is 1.90. The van der Waals surface area contributed by atoms with Gasteiger partial charge in [0, 0.05) is 18.6 Å². The minimum Gasteiger partial charge on any atom is -0.493 e. The van der Waals surface area contributed by atoms with Gasteiger partial charge in [0.05, 0.1) is 25.3 Å². The average Bonchev–Trinajstić information content (AvgIpc) is 2.66. The van der Waals surface area contributed by atoms with E-state index in [0.29, 0.717) is 11.7 Å². The van der Waals surface area contributed by atoms with E-state index >= 15 is 0 Å². The SMILES string of the molecule is COc1cc2nc(CC(C)C)[nH]c2cc1OC. The van der Waals surface area contributed by atoms with Crippen molar-refractivity contribution in [2.24, 2.45) is 5.92 Å². The fourth-order valence-electron chi connectivity index (χ4n) is 1.87. The first-order valence-electron chi connectivity index (χ1n) is 5.74. The zero-order chi connectivity index (χ0) is 12.4. The summed E-state index contributed by atoms with van der Waals surface area (Å²) in [6.45, 7) is 4.35. The molecule has 1 aromatic carbocycles. The van der Waals surface area contributed by atoms with Crippen LogP contribution in [0.2, 0.25) is 0 Å². The third-order valence-corrected chi connectivity index (χ3v) is 2.64. The van der Waals surface area contributed by atoms with Crippen molar-refractivity contribution < 1.29 is 9.47 Å². The lowest BCUT2D eigenvalue weighted by atomic mass is 10.1. The number of nitrogens with zero attached hydrogens (tertiary/aromatic N) is 1. The van der Waals surface area contributed by atoms with Crippen LogP contribution >= 0.6 is 0 Å². The molecule has 17 heavy (non-hydrogen) atoms. The van der Waals surface area contributed by atoms with Gasteiger partial charge >= 0.3 is 0 Å². The summed E-state index contributed by atoms with van der Waals surface area (Å²) >= 11 is 0. The molecule has 4 nitrogen and oxygen atoms in total. The zero-order valence-corrected chi connectivity index (χ0v) is 10.7. The standard InChI is InChI=1S/C13H18N2O2/c1-8(2)5-13-14-9-6-11(16-3)12(17-4)7-10(9)15-13/h6-8H,5H2,1-4H3,(H,14,15). The van der Waals surface area contributed by atoms with E-state index in [4.69, 9.17) is 9.47 Å². The van der Waals surface area contributed by atoms with Crippen molar-refractivity contribution in [2.45, 2.75) is 20.3 Å². The predicted octanol–water partition coefficient (Wildman–Crippen LogP) is 2.78. The molecule has 4 heteroatoms. The Hall–Kier alpha value is -1.71. The number of aromatic nitrogens is 2. The molecule has 0 saturated heterocycles. The summed E-state index contributed by atoms with van der Waals surface area (Å²) in [5, 5.41) is 0. The Morgan fingerprint density at radius 2 is 1.82 bits per heavy atom. The highest BCUT2D eigenvalue weighted by Crippen LogP contribution is 2.31. The van der Waals surface area contributed by atoms with E-state index in [-0.39, 0.29) is 0 Å². The largest absolute Gasteiger partial charge is 0.493 e. The minimum absolute atomic E-state index is 0.583. The Bertz CT molecular complexity index is 476. The summed E-state index contributed by atoms with van der Waals surface area (Å²) < 4.78 is 10.5. The van der Waals surface area contributed by atoms with E-state index in [1.165, 1.54) is 0 Å². The number of imidazole rings is 1. The van der Waals surface area contributed by atoms with Crippen LogP contribution in [0.5, 0.6) is 11.5 Å². The molecule has 2 rings (SSSR count). The maximum Gasteiger partial charge on any atom is 0.163 e. The summed E-state index contributed by atoms with van der Waals surface area (Å²) in [7, 11) is 3.26. The van der Waals surface area contributed by atoms with E-state index < -0.39 is 0 Å². The third kappa shape index (κ3) is 2.35. The van der Waals surface area contributed by atoms with Crippen LogP contribution in [0, 0.1) is 5.92 Å². The van der Waals surface area contributed by atoms with Crippen LogP contribution in [-0.4, -0.2) is 24.2 Å². The second-order valence-electron chi connectivity index (χ2n) is 4.51. The molecule has 0 aliphatic heterocycles. The lowest BCUT2D eigenvalue weighted by molar-refractivity contribution is 0.356. The van der Waals surface area contributed by atoms with E-state index in [1.54, 1.807) is 14.2 Å². The van der Waals surface area contributed by atoms with Crippen LogP contribution in [0.15, 0.2) is 12.1 Å². The number of fused-ring (bicyclic) bond motifs is 1. The van der Waals surface area contributed by atoms with Crippen LogP contribution in [0.3, 0.4) is 0 Å². The molecular formula is C13H18N2O2. The number of rotatable bonds is 4. The van der Waals surface area contributed by atoms with Crippen LogP contribution in [0.4, 0.5) is 0 Å². The van der Waals surface area contributed by atoms with Gasteiger partial charge in [-0.05, 0) is 5.92 Å². The van der Waals surface area contributed by atoms with E-state index in [9.17, 15) is 0 Å². The molecule has 1 aromatic heterocycles. The Morgan fingerprint density at radius 1 is 1.18 bits per heavy atom. The van der Waals surface area contributed by atoms with Crippen LogP contribution < -0.4 is 9.47 Å². The Balaban J connectivity index is 2.46. The Kier molecular flexibility index (Phi) is 3.22. The quantitative estimate of drug-likeness (QED) is 0.884. The fourth-order valence-corrected chi connectivity index (χ4v) is 1.87. The van der Waals surface area contributed by atoms with E-state index in [0.717, 1.165) is 29.0 Å². The van der Waals surface area contributed by atoms with Crippen LogP contribution in [-0.2, 0) is 6.42 Å². The number of hydrogen-bond acceptors (Lipinski definition) is 3. The second-order valence-corrected chi connectivity index (χ2v) is 4.51. The topological polar surface area (TPSA) is 47.1 Å². The first kappa shape index (κ1) is 11.8. The molecule has 0 radical (unpaired) electrons. The molecule has 0 unspecified atom stereocenters. The van der Waals surface area contributed by atoms with Gasteiger partial charge in [0.2, 0.25) is 0 Å². The number of benzene rings is 1. The highest BCUT2D eigenvalue weighted by Gasteiger charge is 2.10. The Labute approximate surface area is 101 Å². The average molecular weight is 234 g/mol. The van der Waals surface area contributed by atoms with E-state index in [1.807, 2.05) is 12.1 Å². The number of methoxy groups -OCH3 is 2. The number of nitrogens with one attached hydrogen (secondary N) is 1. The second kappa shape index (κ2) is 4.65. The molecule has 0 saturated carbocycles. The van der Waals surface area contributed by atoms with Gasteiger partial charge in [0.25, 0.3) is 0 Å². The van der Waals surface area contributed by atoms with Crippen molar-refractivity contribution in [1.82, 2.24) is 9.97 Å². The van der Waals surface area contributed by atoms with Gasteiger partial charge in [-0.25, -0.2) is 4.98 Å². The first-order valence-corrected chi connectivity index (χ1v) is 5.74. The number of hydrogen-bond donors (Lipinski definition) is 1. The number of aromatic amines is 1. The van der Waals surface area contributed by atoms with Crippen molar-refractivity contribution in [3.8, 4) is 11.5 Å². The van der Waals surface area contributed by atoms with Crippen molar-refractivity contribution in [1.29, 1.82) is 0 Å². The van der Waals surface area contributed by atoms with E-state index in [2.05, 4.69) is 23.8 Å².